The number of aliphatic hydroxyl groups excluding tert-OH is 1. The van der Waals surface area contributed by atoms with Crippen LogP contribution in [0.25, 0.3) is 0 Å². The smallest absolute Gasteiger partial charge is 0.189 e. The molecule has 0 unspecified atom stereocenters. The van der Waals surface area contributed by atoms with E-state index < -0.39 is 22.9 Å². The van der Waals surface area contributed by atoms with Crippen molar-refractivity contribution in [1.82, 2.24) is 0 Å². The maximum absolute atomic E-state index is 10.9. The molecule has 4 heteroatoms. The van der Waals surface area contributed by atoms with Crippen LogP contribution in [0.5, 0.6) is 0 Å². The van der Waals surface area contributed by atoms with Crippen LogP contribution < -0.4 is 0 Å². The van der Waals surface area contributed by atoms with Crippen molar-refractivity contribution in [2.45, 2.75) is 51.6 Å². The van der Waals surface area contributed by atoms with Gasteiger partial charge in [-0.2, -0.15) is 0 Å². The van der Waals surface area contributed by atoms with Crippen LogP contribution >= 0.6 is 0 Å². The minimum atomic E-state index is -1.27. The van der Waals surface area contributed by atoms with E-state index in [0.29, 0.717) is 25.2 Å². The monoisotopic (exact) mass is 266 g/mol. The van der Waals surface area contributed by atoms with Crippen LogP contribution in [0.4, 0.5) is 0 Å². The van der Waals surface area contributed by atoms with Gasteiger partial charge < -0.3 is 19.7 Å². The molecular weight excluding hydrogens is 244 g/mol. The van der Waals surface area contributed by atoms with E-state index in [1.54, 1.807) is 6.92 Å². The van der Waals surface area contributed by atoms with Crippen molar-refractivity contribution in [2.75, 3.05) is 13.2 Å². The Morgan fingerprint density at radius 1 is 1.32 bits per heavy atom. The summed E-state index contributed by atoms with van der Waals surface area (Å²) in [6.45, 7) is 8.41. The second-order valence-corrected chi connectivity index (χ2v) is 6.05. The Balaban J connectivity index is 2.43. The minimum Gasteiger partial charge on any atom is -0.381 e. The first-order chi connectivity index (χ1) is 8.71. The summed E-state index contributed by atoms with van der Waals surface area (Å²) in [6.07, 6.45) is 1.59. The van der Waals surface area contributed by atoms with E-state index in [1.165, 1.54) is 0 Å². The topological polar surface area (TPSA) is 58.9 Å². The Kier molecular flexibility index (Phi) is 3.53. The lowest BCUT2D eigenvalue weighted by atomic mass is 9.63. The molecule has 0 amide bonds. The van der Waals surface area contributed by atoms with E-state index in [2.05, 4.69) is 11.8 Å². The van der Waals surface area contributed by atoms with E-state index >= 15 is 0 Å². The van der Waals surface area contributed by atoms with Crippen molar-refractivity contribution in [3.05, 3.63) is 11.6 Å². The number of hydrogen-bond donors (Lipinski definition) is 2. The number of aliphatic hydroxyl groups is 2. The molecule has 1 aliphatic carbocycles. The largest absolute Gasteiger partial charge is 0.381 e. The molecule has 0 bridgehead atoms. The summed E-state index contributed by atoms with van der Waals surface area (Å²) in [7, 11) is 0. The van der Waals surface area contributed by atoms with E-state index in [-0.39, 0.29) is 0 Å². The molecule has 0 aromatic heterocycles. The zero-order chi connectivity index (χ0) is 14.3. The SMILES string of the molecule is CC1=CC2(CC(C)(C)[C@@]1(O)C#C[C@@H](C)O)OCCO2. The average molecular weight is 266 g/mol. The zero-order valence-electron chi connectivity index (χ0n) is 12.0. The Bertz CT molecular complexity index is 447. The van der Waals surface area contributed by atoms with Gasteiger partial charge in [-0.3, -0.25) is 0 Å². The first kappa shape index (κ1) is 14.5. The van der Waals surface area contributed by atoms with Gasteiger partial charge in [0.25, 0.3) is 0 Å². The van der Waals surface area contributed by atoms with Gasteiger partial charge in [0.15, 0.2) is 11.4 Å². The molecule has 1 spiro atoms. The molecule has 0 aromatic rings. The first-order valence-corrected chi connectivity index (χ1v) is 6.62. The quantitative estimate of drug-likeness (QED) is 0.511. The van der Waals surface area contributed by atoms with Gasteiger partial charge in [-0.1, -0.05) is 25.7 Å². The van der Waals surface area contributed by atoms with Crippen molar-refractivity contribution < 1.29 is 19.7 Å². The Labute approximate surface area is 114 Å². The normalized spacial score (nSPS) is 33.5. The molecule has 106 valence electrons. The summed E-state index contributed by atoms with van der Waals surface area (Å²) in [5.41, 5.74) is -1.10. The lowest BCUT2D eigenvalue weighted by molar-refractivity contribution is -0.169. The molecule has 2 atom stereocenters. The van der Waals surface area contributed by atoms with Crippen molar-refractivity contribution in [3.63, 3.8) is 0 Å². The van der Waals surface area contributed by atoms with Crippen molar-refractivity contribution in [3.8, 4) is 11.8 Å². The summed E-state index contributed by atoms with van der Waals surface area (Å²) in [4.78, 5) is 0. The second-order valence-electron chi connectivity index (χ2n) is 6.05. The molecule has 1 fully saturated rings. The third kappa shape index (κ3) is 2.44. The predicted molar refractivity (Wildman–Crippen MR) is 71.2 cm³/mol. The average Bonchev–Trinajstić information content (AvgIpc) is 2.71. The van der Waals surface area contributed by atoms with Crippen LogP contribution in [0.15, 0.2) is 11.6 Å². The molecule has 0 radical (unpaired) electrons. The maximum atomic E-state index is 10.9. The van der Waals surface area contributed by atoms with Crippen molar-refractivity contribution in [1.29, 1.82) is 0 Å². The van der Waals surface area contributed by atoms with E-state index in [9.17, 15) is 10.2 Å². The highest BCUT2D eigenvalue weighted by atomic mass is 16.7. The fourth-order valence-electron chi connectivity index (χ4n) is 2.90. The van der Waals surface area contributed by atoms with Gasteiger partial charge >= 0.3 is 0 Å². The highest BCUT2D eigenvalue weighted by Crippen LogP contribution is 2.49. The second kappa shape index (κ2) is 4.60. The standard InChI is InChI=1S/C15H22O4/c1-11-9-14(18-7-8-19-14)10-13(3,4)15(11,17)6-5-12(2)16/h9,12,16-17H,7-8,10H2,1-4H3/t12-,15-/m1/s1. The predicted octanol–water partition coefficient (Wildman–Crippen LogP) is 1.22. The van der Waals surface area contributed by atoms with Gasteiger partial charge in [0.2, 0.25) is 0 Å². The molecular formula is C15H22O4. The van der Waals surface area contributed by atoms with E-state index in [0.717, 1.165) is 0 Å². The Hall–Kier alpha value is -0.860. The van der Waals surface area contributed by atoms with Crippen LogP contribution in [0.2, 0.25) is 0 Å². The lowest BCUT2D eigenvalue weighted by Gasteiger charge is -2.48. The maximum Gasteiger partial charge on any atom is 0.189 e. The van der Waals surface area contributed by atoms with E-state index in [1.807, 2.05) is 26.8 Å². The first-order valence-electron chi connectivity index (χ1n) is 6.62. The summed E-state index contributed by atoms with van der Waals surface area (Å²) >= 11 is 0. The highest BCUT2D eigenvalue weighted by Gasteiger charge is 2.54. The van der Waals surface area contributed by atoms with Gasteiger partial charge in [-0.05, 0) is 25.5 Å². The van der Waals surface area contributed by atoms with Gasteiger partial charge in [0.05, 0.1) is 13.2 Å². The van der Waals surface area contributed by atoms with Crippen LogP contribution in [-0.4, -0.2) is 40.9 Å². The molecule has 0 aromatic carbocycles. The number of rotatable bonds is 0. The summed E-state index contributed by atoms with van der Waals surface area (Å²) in [6, 6.07) is 0. The van der Waals surface area contributed by atoms with Crippen LogP contribution in [0.3, 0.4) is 0 Å². The van der Waals surface area contributed by atoms with E-state index in [4.69, 9.17) is 9.47 Å². The Morgan fingerprint density at radius 3 is 2.37 bits per heavy atom. The van der Waals surface area contributed by atoms with Crippen LogP contribution in [0, 0.1) is 17.3 Å². The highest BCUT2D eigenvalue weighted by molar-refractivity contribution is 5.38. The van der Waals surface area contributed by atoms with Crippen molar-refractivity contribution in [2.24, 2.45) is 5.41 Å². The van der Waals surface area contributed by atoms with Crippen LogP contribution in [0.1, 0.15) is 34.1 Å². The van der Waals surface area contributed by atoms with Gasteiger partial charge in [-0.25, -0.2) is 0 Å². The lowest BCUT2D eigenvalue weighted by Crippen LogP contribution is -2.53. The molecule has 19 heavy (non-hydrogen) atoms. The minimum absolute atomic E-state index is 0.530. The Morgan fingerprint density at radius 2 is 1.89 bits per heavy atom. The molecule has 1 heterocycles. The molecule has 2 rings (SSSR count). The number of hydrogen-bond acceptors (Lipinski definition) is 4. The molecule has 2 aliphatic rings. The molecule has 2 N–H and O–H groups in total. The number of ether oxygens (including phenoxy) is 2. The molecule has 1 saturated heterocycles. The third-order valence-corrected chi connectivity index (χ3v) is 3.91. The van der Waals surface area contributed by atoms with Gasteiger partial charge in [-0.15, -0.1) is 0 Å². The summed E-state index contributed by atoms with van der Waals surface area (Å²) in [5.74, 6) is 4.74. The fourth-order valence-corrected chi connectivity index (χ4v) is 2.90. The van der Waals surface area contributed by atoms with Gasteiger partial charge in [0, 0.05) is 11.8 Å². The molecule has 1 aliphatic heterocycles. The molecule has 0 saturated carbocycles. The molecule has 4 nitrogen and oxygen atoms in total. The zero-order valence-corrected chi connectivity index (χ0v) is 12.0. The summed E-state index contributed by atoms with van der Waals surface area (Å²) in [5, 5.41) is 20.2. The van der Waals surface area contributed by atoms with Gasteiger partial charge in [0.1, 0.15) is 6.10 Å². The summed E-state index contributed by atoms with van der Waals surface area (Å²) < 4.78 is 11.4. The fraction of sp³-hybridized carbons (Fsp3) is 0.733. The van der Waals surface area contributed by atoms with Crippen molar-refractivity contribution >= 4 is 0 Å². The van der Waals surface area contributed by atoms with Crippen LogP contribution in [-0.2, 0) is 9.47 Å². The third-order valence-electron chi connectivity index (χ3n) is 3.91.